The first kappa shape index (κ1) is 18.5. The molecule has 0 radical (unpaired) electrons. The Labute approximate surface area is 140 Å². The van der Waals surface area contributed by atoms with Gasteiger partial charge in [0.05, 0.1) is 10.7 Å². The maximum atomic E-state index is 12.1. The van der Waals surface area contributed by atoms with E-state index in [0.717, 1.165) is 0 Å². The van der Waals surface area contributed by atoms with E-state index in [1.807, 2.05) is 13.8 Å². The average molecular weight is 347 g/mol. The minimum absolute atomic E-state index is 0. The highest BCUT2D eigenvalue weighted by Gasteiger charge is 2.24. The number of amides is 3. The lowest BCUT2D eigenvalue weighted by Gasteiger charge is -2.20. The van der Waals surface area contributed by atoms with Gasteiger partial charge >= 0.3 is 6.03 Å². The van der Waals surface area contributed by atoms with E-state index < -0.39 is 5.54 Å². The van der Waals surface area contributed by atoms with Crippen molar-refractivity contribution in [1.29, 1.82) is 0 Å². The molecule has 0 spiro atoms. The Balaban J connectivity index is 0.00000242. The molecule has 1 saturated heterocycles. The van der Waals surface area contributed by atoms with Crippen LogP contribution in [0.25, 0.3) is 0 Å². The van der Waals surface area contributed by atoms with Gasteiger partial charge in [-0.3, -0.25) is 9.69 Å². The molecule has 3 amide bonds. The summed E-state index contributed by atoms with van der Waals surface area (Å²) < 4.78 is 0. The molecule has 1 aliphatic heterocycles. The summed E-state index contributed by atoms with van der Waals surface area (Å²) in [6, 6.07) is 4.65. The van der Waals surface area contributed by atoms with Crippen LogP contribution in [0.1, 0.15) is 24.2 Å². The Hall–Kier alpha value is -1.50. The third-order valence-corrected chi connectivity index (χ3v) is 3.38. The molecule has 0 aromatic heterocycles. The zero-order valence-corrected chi connectivity index (χ0v) is 14.1. The lowest BCUT2D eigenvalue weighted by molar-refractivity contribution is 0.0946. The smallest absolute Gasteiger partial charge is 0.322 e. The maximum Gasteiger partial charge on any atom is 0.322 e. The van der Waals surface area contributed by atoms with Gasteiger partial charge in [-0.15, -0.1) is 12.4 Å². The van der Waals surface area contributed by atoms with Crippen LogP contribution in [0.15, 0.2) is 18.2 Å². The molecular weight excluding hydrogens is 327 g/mol. The molecule has 0 saturated carbocycles. The van der Waals surface area contributed by atoms with E-state index in [2.05, 4.69) is 10.6 Å². The standard InChI is InChI=1S/C14H19ClN4O2.ClH/c1-14(2,16)8-18-12(20)9-3-4-10(15)11(7-9)19-6-5-17-13(19)21;/h3-4,7H,5-6,8,16H2,1-2H3,(H,17,21)(H,18,20);1H. The van der Waals surface area contributed by atoms with Crippen molar-refractivity contribution >= 4 is 41.6 Å². The van der Waals surface area contributed by atoms with Crippen LogP contribution in [-0.2, 0) is 0 Å². The lowest BCUT2D eigenvalue weighted by atomic mass is 10.1. The number of nitrogens with two attached hydrogens (primary N) is 1. The van der Waals surface area contributed by atoms with Gasteiger partial charge in [0.25, 0.3) is 5.91 Å². The van der Waals surface area contributed by atoms with Gasteiger partial charge in [0.15, 0.2) is 0 Å². The number of hydrogen-bond donors (Lipinski definition) is 3. The molecule has 4 N–H and O–H groups in total. The molecule has 0 unspecified atom stereocenters. The van der Waals surface area contributed by atoms with Crippen LogP contribution in [0, 0.1) is 0 Å². The second-order valence-electron chi connectivity index (χ2n) is 5.72. The van der Waals surface area contributed by atoms with E-state index in [1.165, 1.54) is 4.90 Å². The van der Waals surface area contributed by atoms with Crippen molar-refractivity contribution in [2.75, 3.05) is 24.5 Å². The lowest BCUT2D eigenvalue weighted by Crippen LogP contribution is -2.45. The number of halogens is 2. The molecule has 8 heteroatoms. The fourth-order valence-electron chi connectivity index (χ4n) is 1.97. The summed E-state index contributed by atoms with van der Waals surface area (Å²) in [6.07, 6.45) is 0. The van der Waals surface area contributed by atoms with Crippen LogP contribution in [0.3, 0.4) is 0 Å². The van der Waals surface area contributed by atoms with Crippen LogP contribution in [0.4, 0.5) is 10.5 Å². The molecule has 1 aliphatic rings. The second kappa shape index (κ2) is 7.17. The zero-order valence-electron chi connectivity index (χ0n) is 12.5. The molecule has 1 aromatic carbocycles. The summed E-state index contributed by atoms with van der Waals surface area (Å²) in [5, 5.41) is 5.89. The monoisotopic (exact) mass is 346 g/mol. The number of urea groups is 1. The zero-order chi connectivity index (χ0) is 15.6. The number of hydrogen-bond acceptors (Lipinski definition) is 3. The van der Waals surface area contributed by atoms with Gasteiger partial charge in [-0.2, -0.15) is 0 Å². The van der Waals surface area contributed by atoms with E-state index in [1.54, 1.807) is 18.2 Å². The Kier molecular flexibility index (Phi) is 6.05. The van der Waals surface area contributed by atoms with E-state index in [9.17, 15) is 9.59 Å². The van der Waals surface area contributed by atoms with Crippen molar-refractivity contribution < 1.29 is 9.59 Å². The molecule has 6 nitrogen and oxygen atoms in total. The molecule has 22 heavy (non-hydrogen) atoms. The van der Waals surface area contributed by atoms with Gasteiger partial charge in [0.1, 0.15) is 0 Å². The summed E-state index contributed by atoms with van der Waals surface area (Å²) in [6.45, 7) is 5.10. The van der Waals surface area contributed by atoms with Crippen LogP contribution in [-0.4, -0.2) is 37.1 Å². The van der Waals surface area contributed by atoms with Crippen LogP contribution in [0.2, 0.25) is 5.02 Å². The first-order valence-electron chi connectivity index (χ1n) is 6.70. The van der Waals surface area contributed by atoms with E-state index in [-0.39, 0.29) is 24.3 Å². The minimum atomic E-state index is -0.486. The predicted octanol–water partition coefficient (Wildman–Crippen LogP) is 1.76. The number of nitrogens with one attached hydrogen (secondary N) is 2. The van der Waals surface area contributed by atoms with Crippen molar-refractivity contribution in [3.8, 4) is 0 Å². The van der Waals surface area contributed by atoms with Crippen molar-refractivity contribution in [1.82, 2.24) is 10.6 Å². The van der Waals surface area contributed by atoms with E-state index in [0.29, 0.717) is 35.9 Å². The minimum Gasteiger partial charge on any atom is -0.350 e. The van der Waals surface area contributed by atoms with Crippen molar-refractivity contribution in [2.45, 2.75) is 19.4 Å². The Morgan fingerprint density at radius 2 is 2.18 bits per heavy atom. The van der Waals surface area contributed by atoms with Crippen molar-refractivity contribution in [2.24, 2.45) is 5.73 Å². The van der Waals surface area contributed by atoms with Gasteiger partial charge in [0, 0.05) is 30.7 Å². The van der Waals surface area contributed by atoms with Gasteiger partial charge in [-0.25, -0.2) is 4.79 Å². The summed E-state index contributed by atoms with van der Waals surface area (Å²) in [5.41, 5.74) is 6.33. The normalized spacial score (nSPS) is 14.4. The molecule has 1 fully saturated rings. The van der Waals surface area contributed by atoms with Gasteiger partial charge in [-0.1, -0.05) is 11.6 Å². The number of anilines is 1. The molecule has 1 heterocycles. The van der Waals surface area contributed by atoms with Gasteiger partial charge < -0.3 is 16.4 Å². The van der Waals surface area contributed by atoms with Crippen molar-refractivity contribution in [3.63, 3.8) is 0 Å². The fraction of sp³-hybridized carbons (Fsp3) is 0.429. The number of benzene rings is 1. The van der Waals surface area contributed by atoms with Gasteiger partial charge in [-0.05, 0) is 32.0 Å². The fourth-order valence-corrected chi connectivity index (χ4v) is 2.19. The average Bonchev–Trinajstić information content (AvgIpc) is 2.82. The topological polar surface area (TPSA) is 87.5 Å². The van der Waals surface area contributed by atoms with E-state index in [4.69, 9.17) is 17.3 Å². The molecule has 0 aliphatic carbocycles. The van der Waals surface area contributed by atoms with E-state index >= 15 is 0 Å². The highest BCUT2D eigenvalue weighted by molar-refractivity contribution is 6.34. The van der Waals surface area contributed by atoms with Crippen molar-refractivity contribution in [3.05, 3.63) is 28.8 Å². The Bertz CT molecular complexity index is 572. The summed E-state index contributed by atoms with van der Waals surface area (Å²) >= 11 is 6.12. The quantitative estimate of drug-likeness (QED) is 0.776. The summed E-state index contributed by atoms with van der Waals surface area (Å²) in [7, 11) is 0. The highest BCUT2D eigenvalue weighted by Crippen LogP contribution is 2.28. The number of nitrogens with zero attached hydrogens (tertiary/aromatic N) is 1. The maximum absolute atomic E-state index is 12.1. The molecular formula is C14H20Cl2N4O2. The molecule has 0 atom stereocenters. The number of carbonyl (C=O) groups is 2. The first-order chi connectivity index (χ1) is 9.78. The third kappa shape index (κ3) is 4.50. The summed E-state index contributed by atoms with van der Waals surface area (Å²) in [4.78, 5) is 25.3. The Morgan fingerprint density at radius 1 is 1.50 bits per heavy atom. The largest absolute Gasteiger partial charge is 0.350 e. The third-order valence-electron chi connectivity index (χ3n) is 3.06. The SMILES string of the molecule is CC(C)(N)CNC(=O)c1ccc(Cl)c(N2CCNC2=O)c1.Cl. The molecule has 122 valence electrons. The van der Waals surface area contributed by atoms with Gasteiger partial charge in [0.2, 0.25) is 0 Å². The highest BCUT2D eigenvalue weighted by atomic mass is 35.5. The Morgan fingerprint density at radius 3 is 2.73 bits per heavy atom. The molecule has 2 rings (SSSR count). The van der Waals surface area contributed by atoms with Crippen LogP contribution in [0.5, 0.6) is 0 Å². The molecule has 0 bridgehead atoms. The summed E-state index contributed by atoms with van der Waals surface area (Å²) in [5.74, 6) is -0.244. The molecule has 1 aromatic rings. The number of carbonyl (C=O) groups excluding carboxylic acids is 2. The first-order valence-corrected chi connectivity index (χ1v) is 7.08. The van der Waals surface area contributed by atoms with Crippen LogP contribution >= 0.6 is 24.0 Å². The van der Waals surface area contributed by atoms with Crippen LogP contribution < -0.4 is 21.3 Å². The predicted molar refractivity (Wildman–Crippen MR) is 90.0 cm³/mol. The second-order valence-corrected chi connectivity index (χ2v) is 6.13. The number of rotatable bonds is 4.